The van der Waals surface area contributed by atoms with Crippen LogP contribution in [0.15, 0.2) is 78.0 Å². The fourth-order valence-electron chi connectivity index (χ4n) is 8.30. The van der Waals surface area contributed by atoms with Crippen LogP contribution in [0, 0.1) is 23.7 Å². The van der Waals surface area contributed by atoms with Gasteiger partial charge in [-0.25, -0.2) is 9.78 Å². The summed E-state index contributed by atoms with van der Waals surface area (Å²) >= 11 is 1.68. The first-order valence-corrected chi connectivity index (χ1v) is 16.7. The van der Waals surface area contributed by atoms with Crippen LogP contribution >= 0.6 is 11.8 Å². The maximum Gasteiger partial charge on any atom is 0.319 e. The van der Waals surface area contributed by atoms with Crippen LogP contribution in [-0.4, -0.2) is 33.5 Å². The van der Waals surface area contributed by atoms with Gasteiger partial charge >= 0.3 is 6.03 Å². The normalized spacial score (nSPS) is 32.8. The second-order valence-electron chi connectivity index (χ2n) is 13.2. The first-order chi connectivity index (χ1) is 20.9. The van der Waals surface area contributed by atoms with Crippen molar-refractivity contribution in [2.24, 2.45) is 23.7 Å². The molecule has 8 rings (SSSR count). The Morgan fingerprint density at radius 1 is 0.930 bits per heavy atom. The molecule has 0 radical (unpaired) electrons. The van der Waals surface area contributed by atoms with Crippen molar-refractivity contribution in [1.82, 2.24) is 10.3 Å². The number of carbonyl (C=O) groups is 1. The average molecular weight is 600 g/mol. The summed E-state index contributed by atoms with van der Waals surface area (Å²) in [4.78, 5) is 17.6. The minimum Gasteiger partial charge on any atom is -0.392 e. The molecule has 5 fully saturated rings. The molecule has 226 valence electrons. The van der Waals surface area contributed by atoms with Crippen LogP contribution in [0.1, 0.15) is 74.5 Å². The lowest BCUT2D eigenvalue weighted by Crippen LogP contribution is -2.60. The number of hydrogen-bond acceptors (Lipinski definition) is 6. The fraction of sp³-hybridized carbons (Fsp3) is 0.486. The highest BCUT2D eigenvalue weighted by Gasteiger charge is 2.51. The predicted molar refractivity (Wildman–Crippen MR) is 167 cm³/mol. The molecular formula is C35H41N3O4S. The third-order valence-corrected chi connectivity index (χ3v) is 11.0. The summed E-state index contributed by atoms with van der Waals surface area (Å²) < 4.78 is 13.2. The molecule has 2 heterocycles. The van der Waals surface area contributed by atoms with E-state index in [1.165, 1.54) is 19.3 Å². The largest absolute Gasteiger partial charge is 0.392 e. The molecule has 5 aliphatic rings. The van der Waals surface area contributed by atoms with Crippen molar-refractivity contribution in [3.63, 3.8) is 0 Å². The summed E-state index contributed by atoms with van der Waals surface area (Å²) in [6.07, 6.45) is 8.45. The SMILES string of the molecule is C[C@H]1[C@@H](CSc2ccccn2)O[C@@H](c2ccc(NC(=O)NC34CC5CC(CC(C5)C3)C4)cc2)O[C@H]1c1ccc(CO)cc1. The number of urea groups is 1. The molecule has 7 nitrogen and oxygen atoms in total. The van der Waals surface area contributed by atoms with Gasteiger partial charge in [-0.2, -0.15) is 0 Å². The number of aromatic nitrogens is 1. The van der Waals surface area contributed by atoms with Gasteiger partial charge in [-0.3, -0.25) is 0 Å². The zero-order chi connectivity index (χ0) is 29.4. The van der Waals surface area contributed by atoms with E-state index in [0.717, 1.165) is 70.2 Å². The van der Waals surface area contributed by atoms with E-state index in [4.69, 9.17) is 9.47 Å². The molecule has 4 aliphatic carbocycles. The molecule has 1 saturated heterocycles. The average Bonchev–Trinajstić information content (AvgIpc) is 3.00. The third kappa shape index (κ3) is 6.34. The van der Waals surface area contributed by atoms with Gasteiger partial charge in [-0.15, -0.1) is 11.8 Å². The van der Waals surface area contributed by atoms with Crippen molar-refractivity contribution >= 4 is 23.5 Å². The summed E-state index contributed by atoms with van der Waals surface area (Å²) in [5, 5.41) is 17.0. The second-order valence-corrected chi connectivity index (χ2v) is 14.2. The Balaban J connectivity index is 1.04. The first kappa shape index (κ1) is 28.8. The van der Waals surface area contributed by atoms with Gasteiger partial charge in [0.15, 0.2) is 6.29 Å². The Labute approximate surface area is 258 Å². The standard InChI is InChI=1S/C35H41N3O4S/c1-22-30(21-43-31-4-2-3-13-36-31)41-33(42-32(22)27-7-5-23(20-39)6-8-27)28-9-11-29(12-10-28)37-34(40)38-35-17-24-14-25(18-35)16-26(15-24)19-35/h2-13,22,24-26,30,32-33,39H,14-21H2,1H3,(H2,37,38,40)/t22-,24?,25?,26?,30+,32+,33+,35?/m0/s1. The van der Waals surface area contributed by atoms with E-state index < -0.39 is 6.29 Å². The lowest BCUT2D eigenvalue weighted by atomic mass is 9.53. The molecule has 4 atom stereocenters. The molecule has 0 unspecified atom stereocenters. The van der Waals surface area contributed by atoms with Gasteiger partial charge in [-0.1, -0.05) is 49.4 Å². The molecule has 4 bridgehead atoms. The zero-order valence-corrected chi connectivity index (χ0v) is 25.5. The molecule has 2 amide bonds. The molecular weight excluding hydrogens is 558 g/mol. The topological polar surface area (TPSA) is 92.7 Å². The summed E-state index contributed by atoms with van der Waals surface area (Å²) in [5.41, 5.74) is 3.58. The van der Waals surface area contributed by atoms with E-state index in [-0.39, 0.29) is 36.3 Å². The van der Waals surface area contributed by atoms with E-state index in [1.54, 1.807) is 11.8 Å². The predicted octanol–water partition coefficient (Wildman–Crippen LogP) is 7.25. The Hall–Kier alpha value is -2.91. The Bertz CT molecular complexity index is 1370. The van der Waals surface area contributed by atoms with Crippen LogP contribution < -0.4 is 10.6 Å². The molecule has 1 aromatic heterocycles. The van der Waals surface area contributed by atoms with Crippen LogP contribution in [0.3, 0.4) is 0 Å². The number of thioether (sulfide) groups is 1. The Morgan fingerprint density at radius 2 is 1.60 bits per heavy atom. The fourth-order valence-corrected chi connectivity index (χ4v) is 9.33. The van der Waals surface area contributed by atoms with Gasteiger partial charge in [0, 0.05) is 34.7 Å². The van der Waals surface area contributed by atoms with Gasteiger partial charge in [-0.05, 0) is 91.7 Å². The number of hydrogen-bond donors (Lipinski definition) is 3. The number of anilines is 1. The van der Waals surface area contributed by atoms with Crippen molar-refractivity contribution in [2.45, 2.75) is 81.1 Å². The number of pyridine rings is 1. The van der Waals surface area contributed by atoms with Crippen molar-refractivity contribution < 1.29 is 19.4 Å². The van der Waals surface area contributed by atoms with E-state index in [0.29, 0.717) is 0 Å². The zero-order valence-electron chi connectivity index (χ0n) is 24.7. The highest BCUT2D eigenvalue weighted by atomic mass is 32.2. The summed E-state index contributed by atoms with van der Waals surface area (Å²) in [6.45, 7) is 2.18. The highest BCUT2D eigenvalue weighted by molar-refractivity contribution is 7.99. The van der Waals surface area contributed by atoms with E-state index in [1.807, 2.05) is 72.9 Å². The van der Waals surface area contributed by atoms with Crippen LogP contribution in [-0.2, 0) is 16.1 Å². The van der Waals surface area contributed by atoms with Crippen molar-refractivity contribution in [3.8, 4) is 0 Å². The smallest absolute Gasteiger partial charge is 0.319 e. The number of nitrogens with one attached hydrogen (secondary N) is 2. The van der Waals surface area contributed by atoms with Crippen LogP contribution in [0.4, 0.5) is 10.5 Å². The third-order valence-electron chi connectivity index (χ3n) is 10.0. The molecule has 43 heavy (non-hydrogen) atoms. The van der Waals surface area contributed by atoms with Crippen LogP contribution in [0.5, 0.6) is 0 Å². The van der Waals surface area contributed by atoms with Gasteiger partial charge in [0.1, 0.15) is 0 Å². The van der Waals surface area contributed by atoms with Crippen molar-refractivity contribution in [3.05, 3.63) is 89.6 Å². The summed E-state index contributed by atoms with van der Waals surface area (Å²) in [5.74, 6) is 3.19. The summed E-state index contributed by atoms with van der Waals surface area (Å²) in [6, 6.07) is 21.6. The van der Waals surface area contributed by atoms with Gasteiger partial charge < -0.3 is 25.2 Å². The molecule has 3 N–H and O–H groups in total. The molecule has 3 aromatic rings. The quantitative estimate of drug-likeness (QED) is 0.236. The number of rotatable bonds is 8. The monoisotopic (exact) mass is 599 g/mol. The number of aliphatic hydroxyl groups excluding tert-OH is 1. The Morgan fingerprint density at radius 3 is 2.23 bits per heavy atom. The minimum absolute atomic E-state index is 0.0113. The van der Waals surface area contributed by atoms with Gasteiger partial charge in [0.2, 0.25) is 0 Å². The number of aliphatic hydroxyl groups is 1. The van der Waals surface area contributed by atoms with Crippen molar-refractivity contribution in [2.75, 3.05) is 11.1 Å². The Kier molecular flexibility index (Phi) is 8.20. The number of benzene rings is 2. The highest BCUT2D eigenvalue weighted by Crippen LogP contribution is 2.55. The summed E-state index contributed by atoms with van der Waals surface area (Å²) in [7, 11) is 0. The van der Waals surface area contributed by atoms with E-state index in [9.17, 15) is 9.90 Å². The number of nitrogens with zero attached hydrogens (tertiary/aromatic N) is 1. The molecule has 1 aliphatic heterocycles. The molecule has 2 aromatic carbocycles. The van der Waals surface area contributed by atoms with Crippen LogP contribution in [0.25, 0.3) is 0 Å². The number of carbonyl (C=O) groups excluding carboxylic acids is 1. The second kappa shape index (κ2) is 12.2. The first-order valence-electron chi connectivity index (χ1n) is 15.7. The lowest BCUT2D eigenvalue weighted by Gasteiger charge is -2.56. The van der Waals surface area contributed by atoms with Gasteiger partial charge in [0.05, 0.1) is 23.8 Å². The van der Waals surface area contributed by atoms with Crippen molar-refractivity contribution in [1.29, 1.82) is 0 Å². The minimum atomic E-state index is -0.553. The van der Waals surface area contributed by atoms with Gasteiger partial charge in [0.25, 0.3) is 0 Å². The maximum atomic E-state index is 13.1. The molecule has 8 heteroatoms. The van der Waals surface area contributed by atoms with E-state index in [2.05, 4.69) is 22.5 Å². The maximum absolute atomic E-state index is 13.1. The molecule has 0 spiro atoms. The number of ether oxygens (including phenoxy) is 2. The molecule has 4 saturated carbocycles. The number of amides is 2. The lowest BCUT2D eigenvalue weighted by molar-refractivity contribution is -0.268. The van der Waals surface area contributed by atoms with Crippen LogP contribution in [0.2, 0.25) is 0 Å². The van der Waals surface area contributed by atoms with E-state index >= 15 is 0 Å².